The van der Waals surface area contributed by atoms with Crippen molar-refractivity contribution in [2.24, 2.45) is 0 Å². The van der Waals surface area contributed by atoms with Crippen molar-refractivity contribution in [1.29, 1.82) is 0 Å². The van der Waals surface area contributed by atoms with Crippen molar-refractivity contribution in [3.63, 3.8) is 0 Å². The van der Waals surface area contributed by atoms with E-state index in [1.807, 2.05) is 6.92 Å². The summed E-state index contributed by atoms with van der Waals surface area (Å²) in [4.78, 5) is 4.07. The van der Waals surface area contributed by atoms with Crippen LogP contribution in [-0.2, 0) is 15.7 Å². The molecule has 1 aromatic heterocycles. The summed E-state index contributed by atoms with van der Waals surface area (Å²) < 4.78 is 49.3. The van der Waals surface area contributed by atoms with Gasteiger partial charge >= 0.3 is 6.18 Å². The van der Waals surface area contributed by atoms with Gasteiger partial charge in [0.05, 0.1) is 11.6 Å². The molecule has 1 aliphatic rings. The van der Waals surface area contributed by atoms with Crippen molar-refractivity contribution in [3.05, 3.63) is 16.1 Å². The number of methoxy groups -OCH3 is 1. The van der Waals surface area contributed by atoms with Crippen molar-refractivity contribution >= 4 is 11.3 Å². The third-order valence-corrected chi connectivity index (χ3v) is 4.84. The van der Waals surface area contributed by atoms with E-state index >= 15 is 0 Å². The topological polar surface area (TPSA) is 43.4 Å². The van der Waals surface area contributed by atoms with Crippen molar-refractivity contribution in [2.75, 3.05) is 26.9 Å². The Kier molecular flexibility index (Phi) is 5.24. The van der Waals surface area contributed by atoms with Gasteiger partial charge in [0, 0.05) is 44.2 Å². The number of halogens is 3. The lowest BCUT2D eigenvalue weighted by atomic mass is 9.85. The second-order valence-electron chi connectivity index (χ2n) is 4.94. The fourth-order valence-corrected chi connectivity index (χ4v) is 3.59. The summed E-state index contributed by atoms with van der Waals surface area (Å²) in [5.41, 5.74) is -0.552. The molecule has 1 unspecified atom stereocenters. The van der Waals surface area contributed by atoms with Crippen LogP contribution in [0.1, 0.15) is 35.7 Å². The zero-order valence-electron chi connectivity index (χ0n) is 12.0. The van der Waals surface area contributed by atoms with E-state index < -0.39 is 16.8 Å². The molecular formula is C13H19F3N2O2S. The van der Waals surface area contributed by atoms with Crippen LogP contribution in [0.25, 0.3) is 0 Å². The van der Waals surface area contributed by atoms with Crippen LogP contribution in [0.5, 0.6) is 0 Å². The highest BCUT2D eigenvalue weighted by molar-refractivity contribution is 7.11. The Morgan fingerprint density at radius 2 is 2.14 bits per heavy atom. The molecule has 4 nitrogen and oxygen atoms in total. The molecule has 120 valence electrons. The fourth-order valence-electron chi connectivity index (χ4n) is 2.63. The lowest BCUT2D eigenvalue weighted by molar-refractivity contribution is -0.137. The molecule has 0 aromatic carbocycles. The van der Waals surface area contributed by atoms with Crippen LogP contribution >= 0.6 is 11.3 Å². The molecule has 2 heterocycles. The molecule has 1 atom stereocenters. The molecule has 2 rings (SSSR count). The summed E-state index contributed by atoms with van der Waals surface area (Å²) in [5, 5.41) is 2.43. The number of aromatic nitrogens is 1. The highest BCUT2D eigenvalue weighted by Gasteiger charge is 2.43. The Morgan fingerprint density at radius 1 is 1.48 bits per heavy atom. The third kappa shape index (κ3) is 3.56. The summed E-state index contributed by atoms with van der Waals surface area (Å²) in [7, 11) is 1.60. The molecule has 21 heavy (non-hydrogen) atoms. The van der Waals surface area contributed by atoms with E-state index in [9.17, 15) is 13.2 Å². The van der Waals surface area contributed by atoms with Crippen molar-refractivity contribution in [1.82, 2.24) is 10.3 Å². The number of hydrogen-bond donors (Lipinski definition) is 1. The predicted octanol–water partition coefficient (Wildman–Crippen LogP) is 3.01. The normalized spacial score (nSPS) is 20.4. The lowest BCUT2D eigenvalue weighted by Gasteiger charge is -2.42. The van der Waals surface area contributed by atoms with Crippen molar-refractivity contribution in [2.45, 2.75) is 37.6 Å². The quantitative estimate of drug-likeness (QED) is 0.904. The van der Waals surface area contributed by atoms with E-state index in [4.69, 9.17) is 9.47 Å². The average molecular weight is 324 g/mol. The van der Waals surface area contributed by atoms with E-state index in [2.05, 4.69) is 10.3 Å². The first-order valence-electron chi connectivity index (χ1n) is 6.82. The summed E-state index contributed by atoms with van der Waals surface area (Å²) in [5.74, 6) is 0. The Morgan fingerprint density at radius 3 is 2.62 bits per heavy atom. The monoisotopic (exact) mass is 324 g/mol. The first-order chi connectivity index (χ1) is 9.93. The molecular weight excluding hydrogens is 305 g/mol. The van der Waals surface area contributed by atoms with Gasteiger partial charge in [-0.15, -0.1) is 11.3 Å². The molecule has 1 aliphatic heterocycles. The van der Waals surface area contributed by atoms with Crippen LogP contribution in [0.4, 0.5) is 13.2 Å². The van der Waals surface area contributed by atoms with Gasteiger partial charge in [-0.3, -0.25) is 0 Å². The lowest BCUT2D eigenvalue weighted by Crippen LogP contribution is -2.49. The van der Waals surface area contributed by atoms with Gasteiger partial charge in [0.1, 0.15) is 0 Å². The van der Waals surface area contributed by atoms with Gasteiger partial charge in [0.2, 0.25) is 0 Å². The summed E-state index contributed by atoms with van der Waals surface area (Å²) in [6.45, 7) is 3.64. The number of thiazole rings is 1. The van der Waals surface area contributed by atoms with Gasteiger partial charge in [0.25, 0.3) is 0 Å². The van der Waals surface area contributed by atoms with E-state index in [0.29, 0.717) is 48.8 Å². The second-order valence-corrected chi connectivity index (χ2v) is 6.00. The number of alkyl halides is 3. The summed E-state index contributed by atoms with van der Waals surface area (Å²) >= 11 is 0.676. The minimum Gasteiger partial charge on any atom is -0.381 e. The summed E-state index contributed by atoms with van der Waals surface area (Å²) in [6.07, 6.45) is -1.83. The maximum absolute atomic E-state index is 12.7. The molecule has 1 fully saturated rings. The molecule has 1 N–H and O–H groups in total. The summed E-state index contributed by atoms with van der Waals surface area (Å²) in [6, 6.07) is -0.315. The number of nitrogens with zero attached hydrogens (tertiary/aromatic N) is 1. The van der Waals surface area contributed by atoms with E-state index in [1.165, 1.54) is 6.20 Å². The van der Waals surface area contributed by atoms with Crippen LogP contribution in [-0.4, -0.2) is 37.5 Å². The van der Waals surface area contributed by atoms with Crippen LogP contribution < -0.4 is 5.32 Å². The van der Waals surface area contributed by atoms with E-state index in [-0.39, 0.29) is 6.04 Å². The largest absolute Gasteiger partial charge is 0.443 e. The fraction of sp³-hybridized carbons (Fsp3) is 0.769. The maximum Gasteiger partial charge on any atom is 0.443 e. The number of hydrogen-bond acceptors (Lipinski definition) is 5. The molecule has 0 aliphatic carbocycles. The Bertz CT molecular complexity index is 459. The molecule has 8 heteroatoms. The molecule has 0 bridgehead atoms. The number of rotatable bonds is 5. The average Bonchev–Trinajstić information content (AvgIpc) is 2.95. The smallest absolute Gasteiger partial charge is 0.381 e. The Labute approximate surface area is 125 Å². The zero-order valence-corrected chi connectivity index (χ0v) is 12.8. The number of ether oxygens (including phenoxy) is 2. The predicted molar refractivity (Wildman–Crippen MR) is 73.3 cm³/mol. The van der Waals surface area contributed by atoms with Gasteiger partial charge in [-0.1, -0.05) is 6.92 Å². The van der Waals surface area contributed by atoms with Crippen molar-refractivity contribution < 1.29 is 22.6 Å². The van der Waals surface area contributed by atoms with Crippen LogP contribution in [0, 0.1) is 0 Å². The number of likely N-dealkylation sites (N-methyl/N-ethyl adjacent to an activating group) is 1. The van der Waals surface area contributed by atoms with Crippen LogP contribution in [0.3, 0.4) is 0 Å². The third-order valence-electron chi connectivity index (χ3n) is 3.73. The van der Waals surface area contributed by atoms with Gasteiger partial charge < -0.3 is 14.8 Å². The molecule has 0 saturated carbocycles. The molecule has 0 radical (unpaired) electrons. The molecule has 1 aromatic rings. The van der Waals surface area contributed by atoms with Gasteiger partial charge in [0.15, 0.2) is 5.01 Å². The van der Waals surface area contributed by atoms with Gasteiger partial charge in [-0.25, -0.2) is 4.98 Å². The van der Waals surface area contributed by atoms with Crippen LogP contribution in [0.2, 0.25) is 0 Å². The minimum atomic E-state index is -4.41. The molecule has 1 saturated heterocycles. The Hall–Kier alpha value is -0.700. The Balaban J connectivity index is 2.31. The maximum atomic E-state index is 12.7. The first kappa shape index (κ1) is 16.7. The molecule has 0 spiro atoms. The number of nitrogens with one attached hydrogen (secondary N) is 1. The highest BCUT2D eigenvalue weighted by atomic mass is 32.1. The van der Waals surface area contributed by atoms with Crippen molar-refractivity contribution in [3.8, 4) is 0 Å². The minimum absolute atomic E-state index is 0.315. The second kappa shape index (κ2) is 6.60. The van der Waals surface area contributed by atoms with Gasteiger partial charge in [-0.05, 0) is 6.54 Å². The van der Waals surface area contributed by atoms with E-state index in [1.54, 1.807) is 7.11 Å². The first-order valence-corrected chi connectivity index (χ1v) is 7.64. The standard InChI is InChI=1S/C13H19F3N2O2S/c1-3-17-10(12(19-2)4-6-20-7-5-12)9-8-18-11(21-9)13(14,15)16/h8,10,17H,3-7H2,1-2H3. The van der Waals surface area contributed by atoms with Crippen LogP contribution in [0.15, 0.2) is 6.20 Å². The van der Waals surface area contributed by atoms with Gasteiger partial charge in [-0.2, -0.15) is 13.2 Å². The highest BCUT2D eigenvalue weighted by Crippen LogP contribution is 2.41. The zero-order chi connectivity index (χ0) is 15.5. The SMILES string of the molecule is CCNC(c1cnc(C(F)(F)F)s1)C1(OC)CCOCC1. The van der Waals surface area contributed by atoms with E-state index in [0.717, 1.165) is 0 Å². The molecule has 0 amide bonds.